The second-order valence-electron chi connectivity index (χ2n) is 4.57. The van der Waals surface area contributed by atoms with Crippen LogP contribution >= 0.6 is 23.4 Å². The van der Waals surface area contributed by atoms with Gasteiger partial charge in [0.15, 0.2) is 0 Å². The first kappa shape index (κ1) is 15.9. The lowest BCUT2D eigenvalue weighted by atomic mass is 10.0. The molecule has 18 heavy (non-hydrogen) atoms. The molecule has 0 bridgehead atoms. The minimum absolute atomic E-state index is 0.408. The molecule has 1 nitrogen and oxygen atoms in total. The zero-order valence-corrected chi connectivity index (χ0v) is 13.2. The van der Waals surface area contributed by atoms with Gasteiger partial charge in [0.05, 0.1) is 0 Å². The Bertz CT molecular complexity index is 343. The quantitative estimate of drug-likeness (QED) is 0.681. The van der Waals surface area contributed by atoms with Gasteiger partial charge in [-0.1, -0.05) is 37.6 Å². The van der Waals surface area contributed by atoms with E-state index >= 15 is 0 Å². The summed E-state index contributed by atoms with van der Waals surface area (Å²) in [4.78, 5) is 0. The van der Waals surface area contributed by atoms with E-state index in [9.17, 15) is 0 Å². The van der Waals surface area contributed by atoms with E-state index in [4.69, 9.17) is 11.6 Å². The van der Waals surface area contributed by atoms with Crippen LogP contribution in [0.15, 0.2) is 24.3 Å². The van der Waals surface area contributed by atoms with Gasteiger partial charge in [0.2, 0.25) is 0 Å². The van der Waals surface area contributed by atoms with Crippen LogP contribution in [-0.2, 0) is 0 Å². The van der Waals surface area contributed by atoms with E-state index in [1.54, 1.807) is 0 Å². The van der Waals surface area contributed by atoms with Gasteiger partial charge < -0.3 is 5.32 Å². The van der Waals surface area contributed by atoms with E-state index in [-0.39, 0.29) is 0 Å². The van der Waals surface area contributed by atoms with Crippen LogP contribution in [0.25, 0.3) is 0 Å². The zero-order chi connectivity index (χ0) is 13.4. The Hall–Kier alpha value is -0.180. The summed E-state index contributed by atoms with van der Waals surface area (Å²) in [6.07, 6.45) is 2.31. The third-order valence-electron chi connectivity index (χ3n) is 3.04. The van der Waals surface area contributed by atoms with Crippen molar-refractivity contribution in [3.8, 4) is 0 Å². The van der Waals surface area contributed by atoms with Gasteiger partial charge in [0, 0.05) is 17.1 Å². The van der Waals surface area contributed by atoms with E-state index < -0.39 is 0 Å². The molecule has 0 fully saturated rings. The number of benzene rings is 1. The highest BCUT2D eigenvalue weighted by molar-refractivity contribution is 7.99. The van der Waals surface area contributed by atoms with E-state index in [0.29, 0.717) is 12.1 Å². The van der Waals surface area contributed by atoms with Gasteiger partial charge >= 0.3 is 0 Å². The molecule has 3 heteroatoms. The molecule has 0 aliphatic heterocycles. The number of halogens is 1. The molecule has 0 aromatic heterocycles. The average Bonchev–Trinajstić information content (AvgIpc) is 2.36. The Morgan fingerprint density at radius 1 is 1.33 bits per heavy atom. The number of hydrogen-bond acceptors (Lipinski definition) is 2. The summed E-state index contributed by atoms with van der Waals surface area (Å²) in [5.41, 5.74) is 1.29. The monoisotopic (exact) mass is 285 g/mol. The van der Waals surface area contributed by atoms with Crippen molar-refractivity contribution >= 4 is 23.4 Å². The van der Waals surface area contributed by atoms with Crippen LogP contribution < -0.4 is 5.32 Å². The van der Waals surface area contributed by atoms with Gasteiger partial charge in [0.25, 0.3) is 0 Å². The highest BCUT2D eigenvalue weighted by Gasteiger charge is 2.12. The number of thioether (sulfide) groups is 1. The summed E-state index contributed by atoms with van der Waals surface area (Å²) in [7, 11) is 0. The Labute approximate surface area is 121 Å². The maximum atomic E-state index is 6.05. The molecular weight excluding hydrogens is 262 g/mol. The predicted octanol–water partition coefficient (Wildman–Crippen LogP) is 4.91. The van der Waals surface area contributed by atoms with Gasteiger partial charge in [-0.15, -0.1) is 0 Å². The van der Waals surface area contributed by atoms with E-state index in [1.165, 1.54) is 23.5 Å². The van der Waals surface area contributed by atoms with E-state index in [1.807, 2.05) is 23.9 Å². The van der Waals surface area contributed by atoms with E-state index in [0.717, 1.165) is 11.4 Å². The van der Waals surface area contributed by atoms with Crippen LogP contribution in [0, 0.1) is 0 Å². The van der Waals surface area contributed by atoms with Crippen LogP contribution in [0.4, 0.5) is 0 Å². The maximum Gasteiger partial charge on any atom is 0.0409 e. The molecule has 2 atom stereocenters. The first-order chi connectivity index (χ1) is 8.67. The summed E-state index contributed by atoms with van der Waals surface area (Å²) in [5, 5.41) is 4.52. The molecule has 1 aromatic rings. The van der Waals surface area contributed by atoms with Gasteiger partial charge in [0.1, 0.15) is 0 Å². The third-order valence-corrected chi connectivity index (χ3v) is 4.21. The van der Waals surface area contributed by atoms with Crippen LogP contribution in [0.3, 0.4) is 0 Å². The van der Waals surface area contributed by atoms with Crippen LogP contribution in [0.5, 0.6) is 0 Å². The second kappa shape index (κ2) is 8.84. The lowest BCUT2D eigenvalue weighted by Crippen LogP contribution is -2.30. The molecule has 0 radical (unpaired) electrons. The van der Waals surface area contributed by atoms with Gasteiger partial charge in [-0.3, -0.25) is 0 Å². The van der Waals surface area contributed by atoms with Crippen molar-refractivity contribution in [2.75, 3.05) is 11.5 Å². The highest BCUT2D eigenvalue weighted by Crippen LogP contribution is 2.21. The van der Waals surface area contributed by atoms with Crippen LogP contribution in [0.1, 0.15) is 45.2 Å². The fourth-order valence-electron chi connectivity index (χ4n) is 2.00. The first-order valence-electron chi connectivity index (χ1n) is 6.76. The van der Waals surface area contributed by atoms with Crippen molar-refractivity contribution < 1.29 is 0 Å². The molecule has 0 spiro atoms. The van der Waals surface area contributed by atoms with E-state index in [2.05, 4.69) is 38.2 Å². The minimum Gasteiger partial charge on any atom is -0.307 e. The van der Waals surface area contributed by atoms with Gasteiger partial charge in [-0.05, 0) is 49.0 Å². The average molecular weight is 286 g/mol. The number of hydrogen-bond donors (Lipinski definition) is 1. The SMILES string of the molecule is CCSCCC(C)NC(CC)c1cccc(Cl)c1. The molecule has 1 rings (SSSR count). The summed E-state index contributed by atoms with van der Waals surface area (Å²) >= 11 is 8.06. The largest absolute Gasteiger partial charge is 0.307 e. The molecule has 0 aliphatic rings. The zero-order valence-electron chi connectivity index (χ0n) is 11.6. The Morgan fingerprint density at radius 3 is 2.72 bits per heavy atom. The molecule has 2 unspecified atom stereocenters. The molecule has 0 aliphatic carbocycles. The van der Waals surface area contributed by atoms with Crippen molar-refractivity contribution in [1.29, 1.82) is 0 Å². The highest BCUT2D eigenvalue weighted by atomic mass is 35.5. The third kappa shape index (κ3) is 5.64. The summed E-state index contributed by atoms with van der Waals surface area (Å²) in [6.45, 7) is 6.69. The van der Waals surface area contributed by atoms with Crippen molar-refractivity contribution in [2.45, 2.75) is 45.7 Å². The van der Waals surface area contributed by atoms with Crippen molar-refractivity contribution in [1.82, 2.24) is 5.32 Å². The lowest BCUT2D eigenvalue weighted by Gasteiger charge is -2.23. The summed E-state index contributed by atoms with van der Waals surface area (Å²) < 4.78 is 0. The fraction of sp³-hybridized carbons (Fsp3) is 0.600. The molecule has 0 saturated carbocycles. The topological polar surface area (TPSA) is 12.0 Å². The lowest BCUT2D eigenvalue weighted by molar-refractivity contribution is 0.439. The Kier molecular flexibility index (Phi) is 7.80. The summed E-state index contributed by atoms with van der Waals surface area (Å²) in [6, 6.07) is 9.13. The predicted molar refractivity (Wildman–Crippen MR) is 84.7 cm³/mol. The van der Waals surface area contributed by atoms with Crippen LogP contribution in [-0.4, -0.2) is 17.5 Å². The van der Waals surface area contributed by atoms with Gasteiger partial charge in [-0.25, -0.2) is 0 Å². The molecule has 0 amide bonds. The second-order valence-corrected chi connectivity index (χ2v) is 6.40. The molecular formula is C15H24ClNS. The molecule has 102 valence electrons. The molecule has 0 saturated heterocycles. The normalized spacial score (nSPS) is 14.4. The minimum atomic E-state index is 0.408. The standard InChI is InChI=1S/C15H24ClNS/c1-4-15(13-7-6-8-14(16)11-13)17-12(3)9-10-18-5-2/h6-8,11-12,15,17H,4-5,9-10H2,1-3H3. The van der Waals surface area contributed by atoms with Gasteiger partial charge in [-0.2, -0.15) is 11.8 Å². The maximum absolute atomic E-state index is 6.05. The first-order valence-corrected chi connectivity index (χ1v) is 8.29. The Morgan fingerprint density at radius 2 is 2.11 bits per heavy atom. The molecule has 0 heterocycles. The molecule has 1 N–H and O–H groups in total. The fourth-order valence-corrected chi connectivity index (χ4v) is 3.01. The van der Waals surface area contributed by atoms with Crippen molar-refractivity contribution in [3.05, 3.63) is 34.9 Å². The van der Waals surface area contributed by atoms with Crippen molar-refractivity contribution in [3.63, 3.8) is 0 Å². The Balaban J connectivity index is 2.51. The number of rotatable bonds is 8. The summed E-state index contributed by atoms with van der Waals surface area (Å²) in [5.74, 6) is 2.44. The smallest absolute Gasteiger partial charge is 0.0409 e. The van der Waals surface area contributed by atoms with Crippen molar-refractivity contribution in [2.24, 2.45) is 0 Å². The molecule has 1 aromatic carbocycles. The van der Waals surface area contributed by atoms with Crippen LogP contribution in [0.2, 0.25) is 5.02 Å². The number of nitrogens with one attached hydrogen (secondary N) is 1.